The van der Waals surface area contributed by atoms with Crippen molar-refractivity contribution in [1.82, 2.24) is 0 Å². The second kappa shape index (κ2) is 7.94. The van der Waals surface area contributed by atoms with Crippen LogP contribution in [-0.2, 0) is 14.3 Å². The van der Waals surface area contributed by atoms with E-state index in [-0.39, 0.29) is 13.0 Å². The molecule has 1 rings (SSSR count). The van der Waals surface area contributed by atoms with Gasteiger partial charge in [-0.1, -0.05) is 12.0 Å². The van der Waals surface area contributed by atoms with E-state index in [1.54, 1.807) is 6.92 Å². The van der Waals surface area contributed by atoms with Gasteiger partial charge < -0.3 is 14.9 Å². The molecule has 0 heterocycles. The summed E-state index contributed by atoms with van der Waals surface area (Å²) in [5.74, 6) is -3.16. The number of hydrogen-bond donors (Lipinski definition) is 2. The van der Waals surface area contributed by atoms with E-state index in [0.29, 0.717) is 12.8 Å². The quantitative estimate of drug-likeness (QED) is 0.769. The summed E-state index contributed by atoms with van der Waals surface area (Å²) in [7, 11) is 0. The van der Waals surface area contributed by atoms with E-state index in [4.69, 9.17) is 14.9 Å². The van der Waals surface area contributed by atoms with Crippen molar-refractivity contribution in [3.05, 3.63) is 12.2 Å². The van der Waals surface area contributed by atoms with Gasteiger partial charge in [-0.2, -0.15) is 0 Å². The predicted octanol–water partition coefficient (Wildman–Crippen LogP) is 2.70. The zero-order valence-corrected chi connectivity index (χ0v) is 11.9. The van der Waals surface area contributed by atoms with Crippen molar-refractivity contribution in [2.75, 3.05) is 6.61 Å². The van der Waals surface area contributed by atoms with Crippen LogP contribution in [0.4, 0.5) is 0 Å². The largest absolute Gasteiger partial charge is 0.481 e. The summed E-state index contributed by atoms with van der Waals surface area (Å²) in [6.07, 6.45) is 2.12. The Labute approximate surface area is 114 Å². The molecular formula is C14H24O5. The molecule has 0 aromatic rings. The first-order valence-corrected chi connectivity index (χ1v) is 6.50. The van der Waals surface area contributed by atoms with Gasteiger partial charge in [0.1, 0.15) is 0 Å². The van der Waals surface area contributed by atoms with Crippen LogP contribution >= 0.6 is 0 Å². The zero-order chi connectivity index (χ0) is 15.1. The fourth-order valence-corrected chi connectivity index (χ4v) is 2.21. The van der Waals surface area contributed by atoms with E-state index in [1.165, 1.54) is 5.57 Å². The summed E-state index contributed by atoms with van der Waals surface area (Å²) in [6.45, 7) is 9.40. The van der Waals surface area contributed by atoms with Crippen LogP contribution in [0.1, 0.15) is 46.5 Å². The number of ether oxygens (including phenoxy) is 1. The highest BCUT2D eigenvalue weighted by molar-refractivity contribution is 5.86. The van der Waals surface area contributed by atoms with Gasteiger partial charge in [0.2, 0.25) is 0 Å². The summed E-state index contributed by atoms with van der Waals surface area (Å²) in [4.78, 5) is 22.2. The smallest absolute Gasteiger partial charge is 0.336 e. The normalized spacial score (nSPS) is 25.9. The molecular weight excluding hydrogens is 248 g/mol. The highest BCUT2D eigenvalue weighted by atomic mass is 16.5. The molecule has 1 aliphatic carbocycles. The topological polar surface area (TPSA) is 83.8 Å². The van der Waals surface area contributed by atoms with Crippen LogP contribution in [0.25, 0.3) is 0 Å². The fraction of sp³-hybridized carbons (Fsp3) is 0.714. The molecule has 2 unspecified atom stereocenters. The fourth-order valence-electron chi connectivity index (χ4n) is 2.21. The standard InChI is InChI=1S/C10H16O5.C4H8/c1-2-15-10(9(13)14)6-4-3-5-7(10)8(11)12;1-4(2)3/h7H,2-6H2,1H3,(H,11,12)(H,13,14);1H2,2-3H3. The first kappa shape index (κ1) is 17.6. The minimum absolute atomic E-state index is 0.218. The summed E-state index contributed by atoms with van der Waals surface area (Å²) >= 11 is 0. The summed E-state index contributed by atoms with van der Waals surface area (Å²) in [5.41, 5.74) is -0.348. The lowest BCUT2D eigenvalue weighted by molar-refractivity contribution is -0.188. The Morgan fingerprint density at radius 1 is 1.32 bits per heavy atom. The van der Waals surface area contributed by atoms with Crippen molar-refractivity contribution in [3.8, 4) is 0 Å². The minimum Gasteiger partial charge on any atom is -0.481 e. The second-order valence-electron chi connectivity index (χ2n) is 4.97. The molecule has 1 aliphatic rings. The molecule has 0 aromatic carbocycles. The Morgan fingerprint density at radius 3 is 2.21 bits per heavy atom. The summed E-state index contributed by atoms with van der Waals surface area (Å²) in [5, 5.41) is 18.2. The number of rotatable bonds is 4. The highest BCUT2D eigenvalue weighted by Gasteiger charge is 2.51. The summed E-state index contributed by atoms with van der Waals surface area (Å²) < 4.78 is 5.23. The average Bonchev–Trinajstić information content (AvgIpc) is 2.28. The van der Waals surface area contributed by atoms with Crippen LogP contribution in [0.3, 0.4) is 0 Å². The molecule has 0 radical (unpaired) electrons. The van der Waals surface area contributed by atoms with Crippen molar-refractivity contribution < 1.29 is 24.5 Å². The van der Waals surface area contributed by atoms with Crippen LogP contribution in [0, 0.1) is 5.92 Å². The third kappa shape index (κ3) is 5.03. The van der Waals surface area contributed by atoms with E-state index < -0.39 is 23.5 Å². The molecule has 0 aromatic heterocycles. The molecule has 0 bridgehead atoms. The van der Waals surface area contributed by atoms with E-state index in [2.05, 4.69) is 6.58 Å². The van der Waals surface area contributed by atoms with Crippen LogP contribution in [-0.4, -0.2) is 34.4 Å². The van der Waals surface area contributed by atoms with E-state index >= 15 is 0 Å². The lowest BCUT2D eigenvalue weighted by atomic mass is 9.75. The zero-order valence-electron chi connectivity index (χ0n) is 11.9. The van der Waals surface area contributed by atoms with Gasteiger partial charge in [-0.25, -0.2) is 4.79 Å². The average molecular weight is 272 g/mol. The molecule has 1 fully saturated rings. The number of hydrogen-bond acceptors (Lipinski definition) is 3. The maximum atomic E-state index is 11.2. The van der Waals surface area contributed by atoms with Crippen LogP contribution < -0.4 is 0 Å². The second-order valence-corrected chi connectivity index (χ2v) is 4.97. The van der Waals surface area contributed by atoms with Crippen molar-refractivity contribution in [2.24, 2.45) is 5.92 Å². The maximum Gasteiger partial charge on any atom is 0.336 e. The van der Waals surface area contributed by atoms with E-state index in [0.717, 1.165) is 6.42 Å². The molecule has 110 valence electrons. The van der Waals surface area contributed by atoms with Gasteiger partial charge in [-0.3, -0.25) is 4.79 Å². The van der Waals surface area contributed by atoms with Gasteiger partial charge in [0.05, 0.1) is 5.92 Å². The van der Waals surface area contributed by atoms with E-state index in [1.807, 2.05) is 13.8 Å². The lowest BCUT2D eigenvalue weighted by Crippen LogP contribution is -2.53. The first-order chi connectivity index (χ1) is 8.77. The molecule has 0 aliphatic heterocycles. The lowest BCUT2D eigenvalue weighted by Gasteiger charge is -2.37. The van der Waals surface area contributed by atoms with Crippen molar-refractivity contribution in [2.45, 2.75) is 52.1 Å². The summed E-state index contributed by atoms with van der Waals surface area (Å²) in [6, 6.07) is 0. The van der Waals surface area contributed by atoms with Gasteiger partial charge in [0.15, 0.2) is 5.60 Å². The molecule has 19 heavy (non-hydrogen) atoms. The molecule has 0 saturated heterocycles. The van der Waals surface area contributed by atoms with Crippen molar-refractivity contribution >= 4 is 11.9 Å². The Bertz CT molecular complexity index is 329. The van der Waals surface area contributed by atoms with Gasteiger partial charge in [0.25, 0.3) is 0 Å². The minimum atomic E-state index is -1.52. The SMILES string of the molecule is C=C(C)C.CCOC1(C(=O)O)CCCCC1C(=O)O. The molecule has 1 saturated carbocycles. The van der Waals surface area contributed by atoms with Gasteiger partial charge in [-0.15, -0.1) is 6.58 Å². The van der Waals surface area contributed by atoms with Gasteiger partial charge >= 0.3 is 11.9 Å². The van der Waals surface area contributed by atoms with Crippen LogP contribution in [0.5, 0.6) is 0 Å². The number of carboxylic acids is 2. The Morgan fingerprint density at radius 2 is 1.84 bits per heavy atom. The molecule has 5 nitrogen and oxygen atoms in total. The predicted molar refractivity (Wildman–Crippen MR) is 72.1 cm³/mol. The Hall–Kier alpha value is -1.36. The van der Waals surface area contributed by atoms with E-state index in [9.17, 15) is 9.59 Å². The number of carboxylic acid groups (broad SMARTS) is 2. The number of allylic oxidation sites excluding steroid dienone is 1. The monoisotopic (exact) mass is 272 g/mol. The third-order valence-corrected chi connectivity index (χ3v) is 2.92. The number of aliphatic carboxylic acids is 2. The Kier molecular flexibility index (Phi) is 7.37. The molecule has 0 amide bonds. The van der Waals surface area contributed by atoms with Crippen molar-refractivity contribution in [1.29, 1.82) is 0 Å². The maximum absolute atomic E-state index is 11.2. The van der Waals surface area contributed by atoms with Gasteiger partial charge in [0, 0.05) is 6.61 Å². The van der Waals surface area contributed by atoms with Crippen molar-refractivity contribution in [3.63, 3.8) is 0 Å². The molecule has 2 atom stereocenters. The Balaban J connectivity index is 0.000000711. The molecule has 0 spiro atoms. The van der Waals surface area contributed by atoms with Crippen LogP contribution in [0.2, 0.25) is 0 Å². The number of carbonyl (C=O) groups is 2. The molecule has 2 N–H and O–H groups in total. The third-order valence-electron chi connectivity index (χ3n) is 2.92. The first-order valence-electron chi connectivity index (χ1n) is 6.50. The molecule has 5 heteroatoms. The van der Waals surface area contributed by atoms with Gasteiger partial charge in [-0.05, 0) is 40.0 Å². The highest BCUT2D eigenvalue weighted by Crippen LogP contribution is 2.37. The van der Waals surface area contributed by atoms with Crippen LogP contribution in [0.15, 0.2) is 12.2 Å².